The van der Waals surface area contributed by atoms with E-state index in [0.717, 1.165) is 22.9 Å². The van der Waals surface area contributed by atoms with Gasteiger partial charge in [-0.25, -0.2) is 8.42 Å². The minimum absolute atomic E-state index is 0.0929. The number of hydrogen-bond acceptors (Lipinski definition) is 4. The van der Waals surface area contributed by atoms with E-state index < -0.39 is 9.84 Å². The Hall–Kier alpha value is -2.41. The van der Waals surface area contributed by atoms with Gasteiger partial charge in [0.15, 0.2) is 9.84 Å². The third kappa shape index (κ3) is 5.07. The Morgan fingerprint density at radius 2 is 2.04 bits per heavy atom. The Balaban J connectivity index is 1.99. The summed E-state index contributed by atoms with van der Waals surface area (Å²) in [5.41, 5.74) is 2.24. The molecule has 23 heavy (non-hydrogen) atoms. The molecule has 0 aliphatic heterocycles. The van der Waals surface area contributed by atoms with Crippen LogP contribution in [-0.4, -0.2) is 37.3 Å². The summed E-state index contributed by atoms with van der Waals surface area (Å²) < 4.78 is 21.9. The van der Waals surface area contributed by atoms with E-state index in [0.29, 0.717) is 0 Å². The fraction of sp³-hybridized carbons (Fsp3) is 0.250. The van der Waals surface area contributed by atoms with Gasteiger partial charge in [-0.1, -0.05) is 43.3 Å². The normalized spacial score (nSPS) is 13.1. The van der Waals surface area contributed by atoms with Crippen LogP contribution in [0.15, 0.2) is 47.9 Å². The van der Waals surface area contributed by atoms with Gasteiger partial charge in [-0.15, -0.1) is 0 Å². The van der Waals surface area contributed by atoms with E-state index in [1.54, 1.807) is 6.07 Å². The molecule has 7 heteroatoms. The van der Waals surface area contributed by atoms with Gasteiger partial charge in [-0.3, -0.25) is 9.89 Å². The highest BCUT2D eigenvalue weighted by Crippen LogP contribution is 2.22. The van der Waals surface area contributed by atoms with Crippen molar-refractivity contribution in [3.8, 4) is 0 Å². The molecule has 1 unspecified atom stereocenters. The topological polar surface area (TPSA) is 91.9 Å². The molecule has 0 aliphatic carbocycles. The van der Waals surface area contributed by atoms with Gasteiger partial charge >= 0.3 is 0 Å². The Kier molecular flexibility index (Phi) is 5.33. The van der Waals surface area contributed by atoms with Crippen LogP contribution < -0.4 is 5.32 Å². The third-order valence-electron chi connectivity index (χ3n) is 3.32. The molecule has 0 fully saturated rings. The largest absolute Gasteiger partial charge is 0.347 e. The van der Waals surface area contributed by atoms with Gasteiger partial charge in [0.2, 0.25) is 0 Å². The van der Waals surface area contributed by atoms with Gasteiger partial charge < -0.3 is 5.32 Å². The maximum absolute atomic E-state index is 12.0. The van der Waals surface area contributed by atoms with E-state index in [1.165, 1.54) is 6.08 Å². The first-order valence-electron chi connectivity index (χ1n) is 7.12. The van der Waals surface area contributed by atoms with Crippen LogP contribution in [0.25, 0.3) is 0 Å². The second kappa shape index (κ2) is 7.23. The van der Waals surface area contributed by atoms with Crippen molar-refractivity contribution in [2.45, 2.75) is 12.8 Å². The summed E-state index contributed by atoms with van der Waals surface area (Å²) in [6, 6.07) is 11.6. The minimum Gasteiger partial charge on any atom is -0.347 e. The SMILES string of the molecule is CC(c1ccccc1)c1cc(C(=O)NC/C=C/S(C)(=O)=O)n[nH]1. The predicted octanol–water partition coefficient (Wildman–Crippen LogP) is 1.85. The molecule has 0 radical (unpaired) electrons. The van der Waals surface area contributed by atoms with E-state index in [9.17, 15) is 13.2 Å². The molecule has 6 nitrogen and oxygen atoms in total. The summed E-state index contributed by atoms with van der Waals surface area (Å²) in [5, 5.41) is 10.5. The van der Waals surface area contributed by atoms with Crippen LogP contribution in [0, 0.1) is 0 Å². The minimum atomic E-state index is -3.18. The molecular weight excluding hydrogens is 314 g/mol. The van der Waals surface area contributed by atoms with Crippen molar-refractivity contribution in [1.29, 1.82) is 0 Å². The molecule has 2 aromatic rings. The Bertz CT molecular complexity index is 795. The number of aromatic nitrogens is 2. The van der Waals surface area contributed by atoms with Gasteiger partial charge in [-0.2, -0.15) is 5.10 Å². The van der Waals surface area contributed by atoms with Crippen molar-refractivity contribution < 1.29 is 13.2 Å². The monoisotopic (exact) mass is 333 g/mol. The number of carbonyl (C=O) groups is 1. The van der Waals surface area contributed by atoms with E-state index in [1.807, 2.05) is 37.3 Å². The lowest BCUT2D eigenvalue weighted by molar-refractivity contribution is 0.0953. The second-order valence-corrected chi connectivity index (χ2v) is 7.18. The third-order valence-corrected chi connectivity index (χ3v) is 4.01. The first-order valence-corrected chi connectivity index (χ1v) is 9.07. The van der Waals surface area contributed by atoms with Crippen LogP contribution in [0.3, 0.4) is 0 Å². The number of rotatable bonds is 6. The number of H-pyrrole nitrogens is 1. The molecule has 2 N–H and O–H groups in total. The number of hydrogen-bond donors (Lipinski definition) is 2. The highest BCUT2D eigenvalue weighted by molar-refractivity contribution is 7.93. The molecule has 0 saturated heterocycles. The summed E-state index contributed by atoms with van der Waals surface area (Å²) in [7, 11) is -3.18. The van der Waals surface area contributed by atoms with Crippen molar-refractivity contribution in [3.05, 3.63) is 64.8 Å². The summed E-state index contributed by atoms with van der Waals surface area (Å²) in [4.78, 5) is 12.0. The number of carbonyl (C=O) groups excluding carboxylic acids is 1. The highest BCUT2D eigenvalue weighted by atomic mass is 32.2. The van der Waals surface area contributed by atoms with Crippen molar-refractivity contribution in [2.75, 3.05) is 12.8 Å². The van der Waals surface area contributed by atoms with Gasteiger partial charge in [-0.05, 0) is 11.6 Å². The number of nitrogens with one attached hydrogen (secondary N) is 2. The van der Waals surface area contributed by atoms with Gasteiger partial charge in [0, 0.05) is 29.8 Å². The van der Waals surface area contributed by atoms with Crippen molar-refractivity contribution >= 4 is 15.7 Å². The van der Waals surface area contributed by atoms with Crippen LogP contribution in [0.1, 0.15) is 34.6 Å². The van der Waals surface area contributed by atoms with Gasteiger partial charge in [0.25, 0.3) is 5.91 Å². The fourth-order valence-electron chi connectivity index (χ4n) is 2.06. The van der Waals surface area contributed by atoms with Crippen molar-refractivity contribution in [3.63, 3.8) is 0 Å². The maximum Gasteiger partial charge on any atom is 0.272 e. The number of sulfone groups is 1. The molecular formula is C16H19N3O3S. The van der Waals surface area contributed by atoms with Crippen LogP contribution in [-0.2, 0) is 9.84 Å². The number of nitrogens with zero attached hydrogens (tertiary/aromatic N) is 1. The van der Waals surface area contributed by atoms with E-state index >= 15 is 0 Å². The smallest absolute Gasteiger partial charge is 0.272 e. The average Bonchev–Trinajstić information content (AvgIpc) is 3.00. The first-order chi connectivity index (χ1) is 10.9. The van der Waals surface area contributed by atoms with E-state index in [-0.39, 0.29) is 24.1 Å². The molecule has 0 spiro atoms. The molecule has 2 rings (SSSR count). The Morgan fingerprint density at radius 3 is 2.70 bits per heavy atom. The summed E-state index contributed by atoms with van der Waals surface area (Å²) in [5.74, 6) is -0.263. The molecule has 1 aromatic heterocycles. The first kappa shape index (κ1) is 17.0. The lowest BCUT2D eigenvalue weighted by Crippen LogP contribution is -2.23. The van der Waals surface area contributed by atoms with Gasteiger partial charge in [0.05, 0.1) is 0 Å². The zero-order valence-electron chi connectivity index (χ0n) is 13.0. The van der Waals surface area contributed by atoms with Crippen LogP contribution >= 0.6 is 0 Å². The maximum atomic E-state index is 12.0. The molecule has 1 amide bonds. The molecule has 1 aromatic carbocycles. The number of benzene rings is 1. The van der Waals surface area contributed by atoms with E-state index in [2.05, 4.69) is 15.5 Å². The average molecular weight is 333 g/mol. The molecule has 1 heterocycles. The quantitative estimate of drug-likeness (QED) is 0.844. The number of amides is 1. The molecule has 1 atom stereocenters. The van der Waals surface area contributed by atoms with Gasteiger partial charge in [0.1, 0.15) is 5.69 Å². The second-order valence-electron chi connectivity index (χ2n) is 5.25. The lowest BCUT2D eigenvalue weighted by atomic mass is 9.98. The van der Waals surface area contributed by atoms with Crippen molar-refractivity contribution in [2.24, 2.45) is 0 Å². The predicted molar refractivity (Wildman–Crippen MR) is 88.9 cm³/mol. The van der Waals surface area contributed by atoms with Crippen LogP contribution in [0.5, 0.6) is 0 Å². The molecule has 0 saturated carbocycles. The van der Waals surface area contributed by atoms with Crippen molar-refractivity contribution in [1.82, 2.24) is 15.5 Å². The molecule has 122 valence electrons. The highest BCUT2D eigenvalue weighted by Gasteiger charge is 2.14. The molecule has 0 bridgehead atoms. The zero-order valence-corrected chi connectivity index (χ0v) is 13.8. The summed E-state index contributed by atoms with van der Waals surface area (Å²) in [6.07, 6.45) is 2.48. The van der Waals surface area contributed by atoms with E-state index in [4.69, 9.17) is 0 Å². The summed E-state index contributed by atoms with van der Waals surface area (Å²) in [6.45, 7) is 2.15. The van der Waals surface area contributed by atoms with Crippen LogP contribution in [0.2, 0.25) is 0 Å². The number of aromatic amines is 1. The summed E-state index contributed by atoms with van der Waals surface area (Å²) >= 11 is 0. The Labute approximate surface area is 135 Å². The lowest BCUT2D eigenvalue weighted by Gasteiger charge is -2.08. The zero-order chi connectivity index (χ0) is 16.9. The van der Waals surface area contributed by atoms with Crippen LogP contribution in [0.4, 0.5) is 0 Å². The molecule has 0 aliphatic rings. The standard InChI is InChI=1S/C16H19N3O3S/c1-12(13-7-4-3-5-8-13)14-11-15(19-18-14)16(20)17-9-6-10-23(2,21)22/h3-8,10-12H,9H2,1-2H3,(H,17,20)(H,18,19)/b10-6+. The Morgan fingerprint density at radius 1 is 1.35 bits per heavy atom. The fourth-order valence-corrected chi connectivity index (χ4v) is 2.51.